The molecule has 6 heteroatoms. The zero-order chi connectivity index (χ0) is 11.9. The molecule has 0 amide bonds. The lowest BCUT2D eigenvalue weighted by atomic mass is 10.1. The normalized spacial score (nSPS) is 10.6. The number of nitrogens with two attached hydrogens (primary N) is 1. The van der Waals surface area contributed by atoms with Crippen LogP contribution in [0.15, 0.2) is 18.3 Å². The van der Waals surface area contributed by atoms with E-state index in [4.69, 9.17) is 34.0 Å². The number of carboxylic acids is 1. The van der Waals surface area contributed by atoms with Crippen molar-refractivity contribution in [1.82, 2.24) is 4.98 Å². The molecule has 0 aliphatic carbocycles. The van der Waals surface area contributed by atoms with Crippen LogP contribution in [0.4, 0.5) is 5.69 Å². The van der Waals surface area contributed by atoms with Gasteiger partial charge in [0.15, 0.2) is 0 Å². The summed E-state index contributed by atoms with van der Waals surface area (Å²) < 4.78 is 0. The molecule has 82 valence electrons. The van der Waals surface area contributed by atoms with E-state index in [2.05, 4.69) is 4.98 Å². The van der Waals surface area contributed by atoms with E-state index in [9.17, 15) is 4.79 Å². The average Bonchev–Trinajstić information content (AvgIpc) is 2.19. The number of benzene rings is 1. The number of aromatic nitrogens is 1. The van der Waals surface area contributed by atoms with Gasteiger partial charge in [0.25, 0.3) is 0 Å². The Morgan fingerprint density at radius 3 is 2.69 bits per heavy atom. The molecule has 1 heterocycles. The lowest BCUT2D eigenvalue weighted by Crippen LogP contribution is -2.04. The summed E-state index contributed by atoms with van der Waals surface area (Å²) in [7, 11) is 0. The van der Waals surface area contributed by atoms with E-state index in [1.807, 2.05) is 0 Å². The molecule has 1 aromatic carbocycles. The number of rotatable bonds is 1. The molecule has 0 bridgehead atoms. The van der Waals surface area contributed by atoms with Crippen molar-refractivity contribution in [3.05, 3.63) is 33.9 Å². The molecule has 0 aliphatic rings. The first-order valence-electron chi connectivity index (χ1n) is 4.27. The van der Waals surface area contributed by atoms with Crippen molar-refractivity contribution in [2.45, 2.75) is 0 Å². The van der Waals surface area contributed by atoms with Gasteiger partial charge < -0.3 is 10.8 Å². The molecule has 0 aliphatic heterocycles. The number of hydrogen-bond acceptors (Lipinski definition) is 3. The maximum atomic E-state index is 10.8. The third-order valence-electron chi connectivity index (χ3n) is 2.16. The summed E-state index contributed by atoms with van der Waals surface area (Å²) in [5.41, 5.74) is 6.21. The van der Waals surface area contributed by atoms with Gasteiger partial charge in [0.2, 0.25) is 0 Å². The molecule has 1 aromatic heterocycles. The fraction of sp³-hybridized carbons (Fsp3) is 0. The highest BCUT2D eigenvalue weighted by atomic mass is 35.5. The van der Waals surface area contributed by atoms with E-state index in [-0.39, 0.29) is 11.3 Å². The molecular formula is C10H6Cl2N2O2. The van der Waals surface area contributed by atoms with E-state index in [0.29, 0.717) is 20.9 Å². The molecule has 0 saturated heterocycles. The van der Waals surface area contributed by atoms with Gasteiger partial charge in [-0.15, -0.1) is 0 Å². The molecule has 0 saturated carbocycles. The molecule has 0 radical (unpaired) electrons. The van der Waals surface area contributed by atoms with Gasteiger partial charge in [-0.05, 0) is 12.1 Å². The summed E-state index contributed by atoms with van der Waals surface area (Å²) in [5.74, 6) is -1.14. The second kappa shape index (κ2) is 3.81. The maximum Gasteiger partial charge on any atom is 0.339 e. The van der Waals surface area contributed by atoms with E-state index in [1.165, 1.54) is 18.3 Å². The van der Waals surface area contributed by atoms with Crippen LogP contribution in [-0.4, -0.2) is 16.1 Å². The minimum atomic E-state index is -1.14. The molecule has 2 rings (SSSR count). The molecule has 0 atom stereocenters. The van der Waals surface area contributed by atoms with Gasteiger partial charge in [0.1, 0.15) is 5.56 Å². The summed E-state index contributed by atoms with van der Waals surface area (Å²) in [6.45, 7) is 0. The molecule has 2 aromatic rings. The van der Waals surface area contributed by atoms with Crippen LogP contribution in [0.25, 0.3) is 10.9 Å². The fourth-order valence-electron chi connectivity index (χ4n) is 1.42. The molecular weight excluding hydrogens is 251 g/mol. The summed E-state index contributed by atoms with van der Waals surface area (Å²) in [4.78, 5) is 14.8. The van der Waals surface area contributed by atoms with Crippen molar-refractivity contribution in [3.8, 4) is 0 Å². The zero-order valence-electron chi connectivity index (χ0n) is 7.87. The molecule has 0 fully saturated rings. The number of nitrogen functional groups attached to an aromatic ring is 1. The lowest BCUT2D eigenvalue weighted by molar-refractivity contribution is 0.0698. The number of nitrogens with zero attached hydrogens (tertiary/aromatic N) is 1. The first kappa shape index (κ1) is 11.0. The second-order valence-electron chi connectivity index (χ2n) is 3.17. The molecule has 3 N–H and O–H groups in total. The fourth-order valence-corrected chi connectivity index (χ4v) is 1.96. The van der Waals surface area contributed by atoms with Gasteiger partial charge in [-0.1, -0.05) is 23.2 Å². The van der Waals surface area contributed by atoms with Crippen molar-refractivity contribution >= 4 is 45.8 Å². The highest BCUT2D eigenvalue weighted by Gasteiger charge is 2.13. The molecule has 4 nitrogen and oxygen atoms in total. The summed E-state index contributed by atoms with van der Waals surface area (Å²) in [6.07, 6.45) is 1.18. The topological polar surface area (TPSA) is 76.2 Å². The van der Waals surface area contributed by atoms with Gasteiger partial charge in [-0.3, -0.25) is 4.98 Å². The predicted molar refractivity (Wildman–Crippen MR) is 63.1 cm³/mol. The summed E-state index contributed by atoms with van der Waals surface area (Å²) in [6, 6.07) is 3.07. The van der Waals surface area contributed by atoms with E-state index < -0.39 is 5.97 Å². The van der Waals surface area contributed by atoms with Gasteiger partial charge in [0, 0.05) is 16.6 Å². The van der Waals surface area contributed by atoms with Crippen LogP contribution < -0.4 is 5.73 Å². The first-order chi connectivity index (χ1) is 7.50. The first-order valence-corrected chi connectivity index (χ1v) is 5.03. The van der Waals surface area contributed by atoms with E-state index in [0.717, 1.165) is 0 Å². The van der Waals surface area contributed by atoms with Crippen LogP contribution in [0.1, 0.15) is 10.4 Å². The number of fused-ring (bicyclic) bond motifs is 1. The highest BCUT2D eigenvalue weighted by Crippen LogP contribution is 2.31. The van der Waals surface area contributed by atoms with Crippen LogP contribution in [-0.2, 0) is 0 Å². The average molecular weight is 257 g/mol. The number of carboxylic acid groups (broad SMARTS) is 1. The smallest absolute Gasteiger partial charge is 0.339 e. The quantitative estimate of drug-likeness (QED) is 0.823. The Morgan fingerprint density at radius 1 is 1.38 bits per heavy atom. The maximum absolute atomic E-state index is 10.8. The Morgan fingerprint density at radius 2 is 2.06 bits per heavy atom. The van der Waals surface area contributed by atoms with Gasteiger partial charge in [0.05, 0.1) is 16.2 Å². The van der Waals surface area contributed by atoms with E-state index in [1.54, 1.807) is 0 Å². The third kappa shape index (κ3) is 1.66. The van der Waals surface area contributed by atoms with Crippen LogP contribution in [0.5, 0.6) is 0 Å². The van der Waals surface area contributed by atoms with Crippen LogP contribution >= 0.6 is 23.2 Å². The van der Waals surface area contributed by atoms with Crippen LogP contribution in [0.3, 0.4) is 0 Å². The van der Waals surface area contributed by atoms with Crippen molar-refractivity contribution in [1.29, 1.82) is 0 Å². The standard InChI is InChI=1S/C10H6Cl2N2O2/c11-4-1-5-8(13)6(10(15)16)3-14-9(5)7(12)2-4/h1-3H,(H2,13,14)(H,15,16). The second-order valence-corrected chi connectivity index (χ2v) is 4.02. The summed E-state index contributed by atoms with van der Waals surface area (Å²) >= 11 is 11.7. The van der Waals surface area contributed by atoms with Crippen LogP contribution in [0.2, 0.25) is 10.0 Å². The Bertz CT molecular complexity index is 599. The van der Waals surface area contributed by atoms with Crippen LogP contribution in [0, 0.1) is 0 Å². The number of pyridine rings is 1. The predicted octanol–water partition coefficient (Wildman–Crippen LogP) is 2.82. The number of anilines is 1. The molecule has 0 spiro atoms. The van der Waals surface area contributed by atoms with E-state index >= 15 is 0 Å². The monoisotopic (exact) mass is 256 g/mol. The Kier molecular flexibility index (Phi) is 2.61. The van der Waals surface area contributed by atoms with Crippen molar-refractivity contribution in [2.24, 2.45) is 0 Å². The number of carbonyl (C=O) groups is 1. The number of hydrogen-bond donors (Lipinski definition) is 2. The van der Waals surface area contributed by atoms with Gasteiger partial charge in [-0.25, -0.2) is 4.79 Å². The van der Waals surface area contributed by atoms with Crippen molar-refractivity contribution < 1.29 is 9.90 Å². The number of aromatic carboxylic acids is 1. The lowest BCUT2D eigenvalue weighted by Gasteiger charge is -2.06. The highest BCUT2D eigenvalue weighted by molar-refractivity contribution is 6.38. The molecule has 16 heavy (non-hydrogen) atoms. The third-order valence-corrected chi connectivity index (χ3v) is 2.67. The Labute approximate surface area is 101 Å². The SMILES string of the molecule is Nc1c(C(=O)O)cnc2c(Cl)cc(Cl)cc12. The Hall–Kier alpha value is -1.52. The summed E-state index contributed by atoms with van der Waals surface area (Å²) in [5, 5.41) is 10.0. The van der Waals surface area contributed by atoms with Crippen molar-refractivity contribution in [3.63, 3.8) is 0 Å². The van der Waals surface area contributed by atoms with Gasteiger partial charge in [-0.2, -0.15) is 0 Å². The minimum absolute atomic E-state index is 0.0640. The van der Waals surface area contributed by atoms with Crippen molar-refractivity contribution in [2.75, 3.05) is 5.73 Å². The van der Waals surface area contributed by atoms with Gasteiger partial charge >= 0.3 is 5.97 Å². The minimum Gasteiger partial charge on any atom is -0.478 e. The molecule has 0 unspecified atom stereocenters. The Balaban J connectivity index is 2.89. The zero-order valence-corrected chi connectivity index (χ0v) is 9.38. The number of halogens is 2. The largest absolute Gasteiger partial charge is 0.478 e.